The van der Waals surface area contributed by atoms with E-state index in [1.165, 1.54) is 6.33 Å². The lowest BCUT2D eigenvalue weighted by Crippen LogP contribution is -2.37. The molecule has 2 aromatic rings. The number of amides is 1. The standard InChI is InChI=1S/C12H13N3O4/c16-10(12(18)19)5-13-11(17)6-15-7-14-8-3-1-2-4-9(8)15/h1-4,7,10,16H,5-6H2,(H,13,17)(H,18,19)/t10-/m0/s1. The van der Waals surface area contributed by atoms with Gasteiger partial charge in [0.15, 0.2) is 6.10 Å². The van der Waals surface area contributed by atoms with E-state index in [1.807, 2.05) is 24.3 Å². The Balaban J connectivity index is 1.97. The normalized spacial score (nSPS) is 12.3. The average molecular weight is 263 g/mol. The van der Waals surface area contributed by atoms with Crippen molar-refractivity contribution >= 4 is 22.9 Å². The van der Waals surface area contributed by atoms with Gasteiger partial charge in [-0.15, -0.1) is 0 Å². The van der Waals surface area contributed by atoms with Crippen LogP contribution >= 0.6 is 0 Å². The molecule has 0 saturated carbocycles. The van der Waals surface area contributed by atoms with Crippen LogP contribution < -0.4 is 5.32 Å². The fourth-order valence-corrected chi connectivity index (χ4v) is 1.64. The van der Waals surface area contributed by atoms with Gasteiger partial charge in [0.2, 0.25) is 5.91 Å². The number of carboxylic acids is 1. The number of carboxylic acid groups (broad SMARTS) is 1. The summed E-state index contributed by atoms with van der Waals surface area (Å²) in [5, 5.41) is 19.9. The van der Waals surface area contributed by atoms with Gasteiger partial charge in [-0.05, 0) is 12.1 Å². The average Bonchev–Trinajstić information content (AvgIpc) is 2.79. The van der Waals surface area contributed by atoms with Crippen LogP contribution in [-0.2, 0) is 16.1 Å². The zero-order valence-electron chi connectivity index (χ0n) is 9.98. The van der Waals surface area contributed by atoms with E-state index in [4.69, 9.17) is 10.2 Å². The molecule has 100 valence electrons. The first kappa shape index (κ1) is 13.0. The van der Waals surface area contributed by atoms with Crippen LogP contribution in [0.2, 0.25) is 0 Å². The van der Waals surface area contributed by atoms with Crippen LogP contribution in [-0.4, -0.2) is 44.3 Å². The zero-order valence-corrected chi connectivity index (χ0v) is 9.98. The highest BCUT2D eigenvalue weighted by Crippen LogP contribution is 2.11. The highest BCUT2D eigenvalue weighted by atomic mass is 16.4. The van der Waals surface area contributed by atoms with E-state index < -0.39 is 12.1 Å². The number of aromatic nitrogens is 2. The molecule has 7 heteroatoms. The first-order valence-electron chi connectivity index (χ1n) is 5.65. The van der Waals surface area contributed by atoms with Crippen molar-refractivity contribution in [2.75, 3.05) is 6.54 Å². The predicted molar refractivity (Wildman–Crippen MR) is 66.4 cm³/mol. The molecule has 3 N–H and O–H groups in total. The number of carbonyl (C=O) groups excluding carboxylic acids is 1. The molecule has 1 aromatic heterocycles. The Labute approximate surface area is 108 Å². The van der Waals surface area contributed by atoms with Crippen molar-refractivity contribution in [3.05, 3.63) is 30.6 Å². The van der Waals surface area contributed by atoms with Crippen molar-refractivity contribution in [3.63, 3.8) is 0 Å². The van der Waals surface area contributed by atoms with Crippen molar-refractivity contribution in [2.45, 2.75) is 12.6 Å². The molecular formula is C12H13N3O4. The largest absolute Gasteiger partial charge is 0.479 e. The molecule has 0 aliphatic heterocycles. The fourth-order valence-electron chi connectivity index (χ4n) is 1.64. The lowest BCUT2D eigenvalue weighted by atomic mass is 10.3. The van der Waals surface area contributed by atoms with Crippen LogP contribution in [0.15, 0.2) is 30.6 Å². The number of aliphatic hydroxyl groups is 1. The van der Waals surface area contributed by atoms with Gasteiger partial charge in [0.1, 0.15) is 6.54 Å². The predicted octanol–water partition coefficient (Wildman–Crippen LogP) is -0.402. The Morgan fingerprint density at radius 3 is 2.84 bits per heavy atom. The zero-order chi connectivity index (χ0) is 13.8. The summed E-state index contributed by atoms with van der Waals surface area (Å²) in [4.78, 5) is 26.1. The Morgan fingerprint density at radius 2 is 2.11 bits per heavy atom. The molecule has 1 aromatic carbocycles. The number of nitrogens with zero attached hydrogens (tertiary/aromatic N) is 2. The summed E-state index contributed by atoms with van der Waals surface area (Å²) in [6, 6.07) is 7.36. The number of fused-ring (bicyclic) bond motifs is 1. The van der Waals surface area contributed by atoms with Crippen molar-refractivity contribution in [1.29, 1.82) is 0 Å². The maximum Gasteiger partial charge on any atom is 0.334 e. The molecule has 1 heterocycles. The first-order chi connectivity index (χ1) is 9.08. The smallest absolute Gasteiger partial charge is 0.334 e. The number of benzene rings is 1. The number of hydrogen-bond acceptors (Lipinski definition) is 4. The number of carbonyl (C=O) groups is 2. The summed E-state index contributed by atoms with van der Waals surface area (Å²) in [5.41, 5.74) is 1.59. The number of para-hydroxylation sites is 2. The topological polar surface area (TPSA) is 104 Å². The van der Waals surface area contributed by atoms with Crippen molar-refractivity contribution in [3.8, 4) is 0 Å². The lowest BCUT2D eigenvalue weighted by molar-refractivity contribution is -0.146. The highest BCUT2D eigenvalue weighted by Gasteiger charge is 2.14. The summed E-state index contributed by atoms with van der Waals surface area (Å²) in [6.45, 7) is -0.298. The molecule has 0 unspecified atom stereocenters. The van der Waals surface area contributed by atoms with E-state index in [1.54, 1.807) is 4.57 Å². The van der Waals surface area contributed by atoms with Gasteiger partial charge in [0, 0.05) is 0 Å². The molecule has 2 rings (SSSR count). The number of aliphatic hydroxyl groups excluding tert-OH is 1. The van der Waals surface area contributed by atoms with E-state index in [9.17, 15) is 9.59 Å². The summed E-state index contributed by atoms with van der Waals surface area (Å²) in [5.74, 6) is -1.75. The monoisotopic (exact) mass is 263 g/mol. The van der Waals surface area contributed by atoms with Crippen LogP contribution in [0.4, 0.5) is 0 Å². The van der Waals surface area contributed by atoms with Crippen LogP contribution in [0.1, 0.15) is 0 Å². The SMILES string of the molecule is O=C(Cn1cnc2ccccc21)NC[C@H](O)C(=O)O. The molecule has 19 heavy (non-hydrogen) atoms. The summed E-state index contributed by atoms with van der Waals surface area (Å²) in [7, 11) is 0. The summed E-state index contributed by atoms with van der Waals surface area (Å²) >= 11 is 0. The molecule has 0 aliphatic carbocycles. The number of hydrogen-bond donors (Lipinski definition) is 3. The minimum absolute atomic E-state index is 0.0207. The maximum absolute atomic E-state index is 11.6. The number of imidazole rings is 1. The van der Waals surface area contributed by atoms with Gasteiger partial charge in [0.25, 0.3) is 0 Å². The van der Waals surface area contributed by atoms with Gasteiger partial charge in [0.05, 0.1) is 23.9 Å². The Bertz CT molecular complexity index is 608. The molecule has 1 amide bonds. The Hall–Kier alpha value is -2.41. The van der Waals surface area contributed by atoms with Gasteiger partial charge in [-0.1, -0.05) is 12.1 Å². The van der Waals surface area contributed by atoms with E-state index in [0.29, 0.717) is 0 Å². The third-order valence-corrected chi connectivity index (χ3v) is 2.62. The number of aliphatic carboxylic acids is 1. The minimum Gasteiger partial charge on any atom is -0.479 e. The van der Waals surface area contributed by atoms with E-state index in [2.05, 4.69) is 10.3 Å². The van der Waals surface area contributed by atoms with Crippen LogP contribution in [0.5, 0.6) is 0 Å². The van der Waals surface area contributed by atoms with Gasteiger partial charge in [-0.3, -0.25) is 4.79 Å². The lowest BCUT2D eigenvalue weighted by Gasteiger charge is -2.08. The molecule has 0 spiro atoms. The quantitative estimate of drug-likeness (QED) is 0.680. The van der Waals surface area contributed by atoms with E-state index >= 15 is 0 Å². The van der Waals surface area contributed by atoms with Crippen molar-refractivity contribution < 1.29 is 19.8 Å². The van der Waals surface area contributed by atoms with Crippen molar-refractivity contribution in [1.82, 2.24) is 14.9 Å². The summed E-state index contributed by atoms with van der Waals surface area (Å²) in [6.07, 6.45) is -0.0544. The van der Waals surface area contributed by atoms with Crippen molar-refractivity contribution in [2.24, 2.45) is 0 Å². The minimum atomic E-state index is -1.59. The van der Waals surface area contributed by atoms with Gasteiger partial charge < -0.3 is 20.1 Å². The van der Waals surface area contributed by atoms with Gasteiger partial charge in [-0.2, -0.15) is 0 Å². The molecule has 7 nitrogen and oxygen atoms in total. The van der Waals surface area contributed by atoms with Crippen LogP contribution in [0.3, 0.4) is 0 Å². The second-order valence-corrected chi connectivity index (χ2v) is 4.02. The van der Waals surface area contributed by atoms with Crippen LogP contribution in [0, 0.1) is 0 Å². The van der Waals surface area contributed by atoms with E-state index in [-0.39, 0.29) is 19.0 Å². The first-order valence-corrected chi connectivity index (χ1v) is 5.65. The highest BCUT2D eigenvalue weighted by molar-refractivity contribution is 5.81. The molecule has 0 aliphatic rings. The molecule has 0 saturated heterocycles. The van der Waals surface area contributed by atoms with Gasteiger partial charge >= 0.3 is 5.97 Å². The molecule has 0 fully saturated rings. The molecule has 0 radical (unpaired) electrons. The van der Waals surface area contributed by atoms with Gasteiger partial charge in [-0.25, -0.2) is 9.78 Å². The number of nitrogens with one attached hydrogen (secondary N) is 1. The molecule has 1 atom stereocenters. The second-order valence-electron chi connectivity index (χ2n) is 4.02. The summed E-state index contributed by atoms with van der Waals surface area (Å²) < 4.78 is 1.65. The van der Waals surface area contributed by atoms with Crippen LogP contribution in [0.25, 0.3) is 11.0 Å². The maximum atomic E-state index is 11.6. The molecular weight excluding hydrogens is 250 g/mol. The third-order valence-electron chi connectivity index (χ3n) is 2.62. The Morgan fingerprint density at radius 1 is 1.37 bits per heavy atom. The fraction of sp³-hybridized carbons (Fsp3) is 0.250. The second kappa shape index (κ2) is 5.49. The Kier molecular flexibility index (Phi) is 3.76. The molecule has 0 bridgehead atoms. The third kappa shape index (κ3) is 3.08. The van der Waals surface area contributed by atoms with E-state index in [0.717, 1.165) is 11.0 Å². The number of rotatable bonds is 5.